The Balaban J connectivity index is 0.871. The fraction of sp³-hybridized carbons (Fsp3) is 0.462. The average molecular weight is 755 g/mol. The molecule has 2 aliphatic heterocycles. The number of aryl methyl sites for hydroxylation is 1. The van der Waals surface area contributed by atoms with E-state index in [-0.39, 0.29) is 35.3 Å². The van der Waals surface area contributed by atoms with Crippen LogP contribution in [0.25, 0.3) is 21.9 Å². The summed E-state index contributed by atoms with van der Waals surface area (Å²) in [5.74, 6) is -0.866. The van der Waals surface area contributed by atoms with Crippen LogP contribution in [0.2, 0.25) is 0 Å². The molecule has 1 aliphatic carbocycles. The summed E-state index contributed by atoms with van der Waals surface area (Å²) in [6.45, 7) is 2.57. The molecule has 16 heteroatoms. The number of imidazole rings is 1. The molecule has 1 atom stereocenters. The normalized spacial score (nSPS) is 21.2. The van der Waals surface area contributed by atoms with Gasteiger partial charge in [0.05, 0.1) is 39.5 Å². The number of imide groups is 1. The Morgan fingerprint density at radius 3 is 2.55 bits per heavy atom. The van der Waals surface area contributed by atoms with Gasteiger partial charge in [-0.1, -0.05) is 6.07 Å². The fourth-order valence-corrected chi connectivity index (χ4v) is 8.80. The van der Waals surface area contributed by atoms with E-state index < -0.39 is 30.0 Å². The van der Waals surface area contributed by atoms with E-state index in [2.05, 4.69) is 42.5 Å². The number of pyridine rings is 2. The molecule has 55 heavy (non-hydrogen) atoms. The number of halogens is 2. The van der Waals surface area contributed by atoms with E-state index in [4.69, 9.17) is 0 Å². The lowest BCUT2D eigenvalue weighted by Crippen LogP contribution is -2.45. The fourth-order valence-electron chi connectivity index (χ4n) is 8.80. The Morgan fingerprint density at radius 1 is 1.02 bits per heavy atom. The van der Waals surface area contributed by atoms with Crippen LogP contribution in [0.5, 0.6) is 0 Å². The monoisotopic (exact) mass is 754 g/mol. The van der Waals surface area contributed by atoms with Crippen LogP contribution in [0.4, 0.5) is 20.2 Å². The topological polar surface area (TPSA) is 152 Å². The second kappa shape index (κ2) is 15.0. The molecule has 8 rings (SSSR count). The van der Waals surface area contributed by atoms with Crippen LogP contribution in [0.15, 0.2) is 59.9 Å². The molecule has 4 aromatic heterocycles. The van der Waals surface area contributed by atoms with E-state index in [9.17, 15) is 28.0 Å². The molecule has 0 spiro atoms. The van der Waals surface area contributed by atoms with Crippen molar-refractivity contribution in [3.8, 4) is 0 Å². The molecule has 288 valence electrons. The first-order valence-electron chi connectivity index (χ1n) is 18.9. The Hall–Kier alpha value is -5.51. The number of benzene rings is 1. The number of nitrogens with one attached hydrogen (secondary N) is 2. The van der Waals surface area contributed by atoms with Crippen molar-refractivity contribution in [2.75, 3.05) is 36.9 Å². The SMILES string of the molecule is CN(C[C@H]1CC[C@H](n2cc(NC(=O)c3cncc4cccnc34)c(C(F)F)n2)CC1)C1CCN(c2cccc3c2n(C)c(=O)n3C2CCC(=O)NC2=O)CC1. The number of fused-ring (bicyclic) bond motifs is 2. The molecule has 5 aromatic rings. The summed E-state index contributed by atoms with van der Waals surface area (Å²) in [6.07, 6.45) is 9.09. The Kier molecular flexibility index (Phi) is 9.92. The van der Waals surface area contributed by atoms with Crippen LogP contribution in [-0.2, 0) is 16.6 Å². The van der Waals surface area contributed by atoms with Crippen LogP contribution < -0.4 is 21.2 Å². The van der Waals surface area contributed by atoms with Gasteiger partial charge < -0.3 is 15.1 Å². The zero-order valence-electron chi connectivity index (χ0n) is 30.8. The number of carbonyl (C=O) groups excluding carboxylic acids is 3. The summed E-state index contributed by atoms with van der Waals surface area (Å²) in [6, 6.07) is 8.96. The highest BCUT2D eigenvalue weighted by molar-refractivity contribution is 6.11. The van der Waals surface area contributed by atoms with Crippen molar-refractivity contribution in [3.63, 3.8) is 0 Å². The standard InChI is InChI=1S/C39H44F2N10O4/c1-47(25-14-17-49(18-15-25)29-6-3-7-30-35(29)48(2)39(55)51(30)31-12-13-32(52)45-38(31)54)21-23-8-10-26(11-9-23)50-22-28(34(46-50)36(40)41)44-37(53)27-20-42-19-24-5-4-16-43-33(24)27/h3-7,16,19-20,22-23,25-26,31,36H,8-15,17-18,21H2,1-2H3,(H,44,53)(H,45,52,54)/t23-,26-,31?. The minimum Gasteiger partial charge on any atom is -0.370 e. The summed E-state index contributed by atoms with van der Waals surface area (Å²) in [7, 11) is 3.91. The van der Waals surface area contributed by atoms with Crippen molar-refractivity contribution in [2.45, 2.75) is 75.9 Å². The molecule has 3 aliphatic rings. The zero-order valence-corrected chi connectivity index (χ0v) is 30.8. The van der Waals surface area contributed by atoms with Crippen molar-refractivity contribution in [1.82, 2.24) is 39.1 Å². The first-order valence-corrected chi connectivity index (χ1v) is 18.9. The highest BCUT2D eigenvalue weighted by Gasteiger charge is 2.34. The van der Waals surface area contributed by atoms with Crippen LogP contribution in [0.3, 0.4) is 0 Å². The van der Waals surface area contributed by atoms with E-state index in [1.54, 1.807) is 40.8 Å². The van der Waals surface area contributed by atoms with E-state index in [0.717, 1.165) is 69.4 Å². The molecule has 6 heterocycles. The van der Waals surface area contributed by atoms with Gasteiger partial charge in [-0.25, -0.2) is 13.6 Å². The Morgan fingerprint density at radius 2 is 1.80 bits per heavy atom. The lowest BCUT2D eigenvalue weighted by Gasteiger charge is -2.40. The van der Waals surface area contributed by atoms with E-state index in [0.29, 0.717) is 34.8 Å². The van der Waals surface area contributed by atoms with Crippen molar-refractivity contribution in [2.24, 2.45) is 13.0 Å². The Labute approximate surface area is 315 Å². The van der Waals surface area contributed by atoms with Gasteiger partial charge in [-0.05, 0) is 82.2 Å². The molecule has 3 amide bonds. The summed E-state index contributed by atoms with van der Waals surface area (Å²) < 4.78 is 33.0. The minimum atomic E-state index is -2.85. The minimum absolute atomic E-state index is 0.00789. The average Bonchev–Trinajstić information content (AvgIpc) is 3.73. The number of anilines is 2. The molecule has 1 saturated carbocycles. The maximum absolute atomic E-state index is 14.1. The van der Waals surface area contributed by atoms with Crippen molar-refractivity contribution < 1.29 is 23.2 Å². The predicted octanol–water partition coefficient (Wildman–Crippen LogP) is 4.98. The smallest absolute Gasteiger partial charge is 0.329 e. The summed E-state index contributed by atoms with van der Waals surface area (Å²) >= 11 is 0. The van der Waals surface area contributed by atoms with Crippen molar-refractivity contribution >= 4 is 51.0 Å². The van der Waals surface area contributed by atoms with E-state index in [1.807, 2.05) is 18.2 Å². The number of hydrogen-bond donors (Lipinski definition) is 2. The van der Waals surface area contributed by atoms with Gasteiger partial charge in [0.25, 0.3) is 12.3 Å². The van der Waals surface area contributed by atoms with Gasteiger partial charge in [0, 0.05) is 69.3 Å². The van der Waals surface area contributed by atoms with Crippen LogP contribution in [0, 0.1) is 5.92 Å². The largest absolute Gasteiger partial charge is 0.370 e. The van der Waals surface area contributed by atoms with Crippen LogP contribution >= 0.6 is 0 Å². The summed E-state index contributed by atoms with van der Waals surface area (Å²) in [5, 5.41) is 9.94. The number of aromatic nitrogens is 6. The van der Waals surface area contributed by atoms with Gasteiger partial charge in [0.15, 0.2) is 5.69 Å². The van der Waals surface area contributed by atoms with Gasteiger partial charge in [0.1, 0.15) is 6.04 Å². The molecular formula is C39H44F2N10O4. The maximum atomic E-state index is 14.1. The third-order valence-corrected chi connectivity index (χ3v) is 11.7. The van der Waals surface area contributed by atoms with Gasteiger partial charge in [-0.3, -0.25) is 43.5 Å². The van der Waals surface area contributed by atoms with Crippen molar-refractivity contribution in [1.29, 1.82) is 0 Å². The van der Waals surface area contributed by atoms with E-state index >= 15 is 0 Å². The number of carbonyl (C=O) groups is 3. The van der Waals surface area contributed by atoms with Gasteiger partial charge in [-0.2, -0.15) is 5.10 Å². The molecule has 2 saturated heterocycles. The molecular weight excluding hydrogens is 710 g/mol. The quantitative estimate of drug-likeness (QED) is 0.199. The lowest BCUT2D eigenvalue weighted by atomic mass is 9.85. The van der Waals surface area contributed by atoms with Crippen LogP contribution in [0.1, 0.15) is 85.9 Å². The molecule has 0 bridgehead atoms. The number of nitrogens with zero attached hydrogens (tertiary/aromatic N) is 8. The third kappa shape index (κ3) is 6.99. The zero-order chi connectivity index (χ0) is 38.4. The summed E-state index contributed by atoms with van der Waals surface area (Å²) in [4.78, 5) is 64.2. The number of piperidine rings is 2. The molecule has 3 fully saturated rings. The molecule has 2 N–H and O–H groups in total. The molecule has 14 nitrogen and oxygen atoms in total. The predicted molar refractivity (Wildman–Crippen MR) is 202 cm³/mol. The third-order valence-electron chi connectivity index (χ3n) is 11.7. The first-order chi connectivity index (χ1) is 26.6. The highest BCUT2D eigenvalue weighted by atomic mass is 19.3. The highest BCUT2D eigenvalue weighted by Crippen LogP contribution is 2.37. The van der Waals surface area contributed by atoms with Gasteiger partial charge >= 0.3 is 5.69 Å². The maximum Gasteiger partial charge on any atom is 0.329 e. The number of rotatable bonds is 9. The van der Waals surface area contributed by atoms with Gasteiger partial charge in [0.2, 0.25) is 11.8 Å². The molecule has 0 radical (unpaired) electrons. The molecule has 1 unspecified atom stereocenters. The van der Waals surface area contributed by atoms with E-state index in [1.165, 1.54) is 17.0 Å². The first kappa shape index (κ1) is 36.5. The van der Waals surface area contributed by atoms with Crippen molar-refractivity contribution in [3.05, 3.63) is 76.9 Å². The van der Waals surface area contributed by atoms with Crippen LogP contribution in [-0.4, -0.2) is 84.2 Å². The van der Waals surface area contributed by atoms with Gasteiger partial charge in [-0.15, -0.1) is 0 Å². The molecule has 1 aromatic carbocycles. The number of alkyl halides is 2. The second-order valence-electron chi connectivity index (χ2n) is 15.1. The number of amides is 3. The summed E-state index contributed by atoms with van der Waals surface area (Å²) in [5.41, 5.74) is 2.34. The lowest BCUT2D eigenvalue weighted by molar-refractivity contribution is -0.135. The number of hydrogen-bond acceptors (Lipinski definition) is 9. The number of para-hydroxylation sites is 1. The second-order valence-corrected chi connectivity index (χ2v) is 15.1. The Bertz CT molecular complexity index is 2310.